The zero-order valence-electron chi connectivity index (χ0n) is 8.80. The molecule has 13 heavy (non-hydrogen) atoms. The van der Waals surface area contributed by atoms with E-state index < -0.39 is 0 Å². The summed E-state index contributed by atoms with van der Waals surface area (Å²) in [6, 6.07) is 9.37. The van der Waals surface area contributed by atoms with Gasteiger partial charge < -0.3 is 4.90 Å². The fourth-order valence-electron chi connectivity index (χ4n) is 1.61. The van der Waals surface area contributed by atoms with Gasteiger partial charge in [0.1, 0.15) is 0 Å². The fraction of sp³-hybridized carbons (Fsp3) is 0.500. The maximum Gasteiger partial charge on any atom is 0.0398 e. The van der Waals surface area contributed by atoms with Crippen molar-refractivity contribution in [1.82, 2.24) is 0 Å². The third-order valence-electron chi connectivity index (χ3n) is 2.41. The van der Waals surface area contributed by atoms with E-state index >= 15 is 0 Å². The van der Waals surface area contributed by atoms with E-state index in [-0.39, 0.29) is 0 Å². The van der Waals surface area contributed by atoms with Crippen molar-refractivity contribution < 1.29 is 0 Å². The second-order valence-electron chi connectivity index (χ2n) is 3.08. The molecule has 1 heteroatoms. The Morgan fingerprint density at radius 1 is 1.23 bits per heavy atom. The molecule has 0 saturated heterocycles. The van der Waals surface area contributed by atoms with Gasteiger partial charge in [-0.2, -0.15) is 0 Å². The van der Waals surface area contributed by atoms with Crippen LogP contribution in [0.5, 0.6) is 0 Å². The largest absolute Gasteiger partial charge is 0.372 e. The summed E-state index contributed by atoms with van der Waals surface area (Å²) in [6.45, 7) is 8.73. The van der Waals surface area contributed by atoms with Crippen LogP contribution >= 0.6 is 0 Å². The standard InChI is InChI=1S/C12H18N/c1-4-11-9-7-8-10-12(11)13(5-2)6-3/h8-10H,4-6H2,1-3H3. The molecule has 1 aromatic carbocycles. The summed E-state index contributed by atoms with van der Waals surface area (Å²) < 4.78 is 0. The van der Waals surface area contributed by atoms with Gasteiger partial charge in [-0.1, -0.05) is 13.0 Å². The lowest BCUT2D eigenvalue weighted by Gasteiger charge is -2.23. The van der Waals surface area contributed by atoms with Crippen molar-refractivity contribution in [2.75, 3.05) is 18.0 Å². The van der Waals surface area contributed by atoms with Crippen LogP contribution in [0.2, 0.25) is 0 Å². The Morgan fingerprint density at radius 2 is 1.92 bits per heavy atom. The summed E-state index contributed by atoms with van der Waals surface area (Å²) in [6.07, 6.45) is 1.09. The molecule has 0 spiro atoms. The molecule has 0 fully saturated rings. The van der Waals surface area contributed by atoms with Gasteiger partial charge in [0.25, 0.3) is 0 Å². The fourth-order valence-corrected chi connectivity index (χ4v) is 1.61. The quantitative estimate of drug-likeness (QED) is 0.682. The van der Waals surface area contributed by atoms with Gasteiger partial charge in [0, 0.05) is 18.8 Å². The predicted octanol–water partition coefficient (Wildman–Crippen LogP) is 2.90. The SMILES string of the molecule is CCc1c[c]ccc1N(CC)CC. The van der Waals surface area contributed by atoms with Crippen molar-refractivity contribution in [3.05, 3.63) is 29.8 Å². The van der Waals surface area contributed by atoms with E-state index in [2.05, 4.69) is 43.9 Å². The lowest BCUT2D eigenvalue weighted by Crippen LogP contribution is -2.22. The Bertz CT molecular complexity index is 251. The second kappa shape index (κ2) is 4.90. The Balaban J connectivity index is 2.96. The molecule has 0 aliphatic rings. The molecule has 0 aromatic heterocycles. The van der Waals surface area contributed by atoms with Gasteiger partial charge in [-0.05, 0) is 44.0 Å². The average molecular weight is 176 g/mol. The van der Waals surface area contributed by atoms with E-state index in [0.29, 0.717) is 0 Å². The van der Waals surface area contributed by atoms with Crippen molar-refractivity contribution >= 4 is 5.69 Å². The number of anilines is 1. The molecule has 71 valence electrons. The minimum Gasteiger partial charge on any atom is -0.372 e. The van der Waals surface area contributed by atoms with Gasteiger partial charge in [-0.25, -0.2) is 0 Å². The van der Waals surface area contributed by atoms with E-state index in [1.165, 1.54) is 11.3 Å². The molecule has 0 amide bonds. The van der Waals surface area contributed by atoms with Crippen molar-refractivity contribution in [3.8, 4) is 0 Å². The molecule has 1 aromatic rings. The van der Waals surface area contributed by atoms with E-state index in [1.54, 1.807) is 0 Å². The van der Waals surface area contributed by atoms with Gasteiger partial charge >= 0.3 is 0 Å². The molecule has 0 unspecified atom stereocenters. The first-order valence-electron chi connectivity index (χ1n) is 5.07. The normalized spacial score (nSPS) is 10.1. The van der Waals surface area contributed by atoms with Gasteiger partial charge in [-0.3, -0.25) is 0 Å². The molecule has 1 radical (unpaired) electrons. The molecular weight excluding hydrogens is 158 g/mol. The maximum absolute atomic E-state index is 3.13. The number of nitrogens with zero attached hydrogens (tertiary/aromatic N) is 1. The number of hydrogen-bond acceptors (Lipinski definition) is 1. The second-order valence-corrected chi connectivity index (χ2v) is 3.08. The van der Waals surface area contributed by atoms with Crippen molar-refractivity contribution in [2.45, 2.75) is 27.2 Å². The van der Waals surface area contributed by atoms with E-state index in [0.717, 1.165) is 19.5 Å². The Kier molecular flexibility index (Phi) is 3.81. The van der Waals surface area contributed by atoms with Crippen LogP contribution in [0, 0.1) is 6.07 Å². The van der Waals surface area contributed by atoms with Gasteiger partial charge in [-0.15, -0.1) is 0 Å². The molecule has 0 atom stereocenters. The summed E-state index contributed by atoms with van der Waals surface area (Å²) in [7, 11) is 0. The highest BCUT2D eigenvalue weighted by Gasteiger charge is 2.04. The van der Waals surface area contributed by atoms with Crippen LogP contribution in [-0.4, -0.2) is 13.1 Å². The molecule has 1 rings (SSSR count). The topological polar surface area (TPSA) is 3.24 Å². The molecule has 0 heterocycles. The number of hydrogen-bond donors (Lipinski definition) is 0. The number of rotatable bonds is 4. The van der Waals surface area contributed by atoms with E-state index in [1.807, 2.05) is 6.07 Å². The summed E-state index contributed by atoms with van der Waals surface area (Å²) in [5.74, 6) is 0. The Hall–Kier alpha value is -0.980. The molecule has 0 N–H and O–H groups in total. The molecule has 0 aliphatic carbocycles. The monoisotopic (exact) mass is 176 g/mol. The molecule has 0 saturated carbocycles. The highest BCUT2D eigenvalue weighted by molar-refractivity contribution is 5.53. The minimum atomic E-state index is 1.08. The van der Waals surface area contributed by atoms with Crippen LogP contribution in [0.1, 0.15) is 26.3 Å². The Labute approximate surface area is 81.4 Å². The van der Waals surface area contributed by atoms with Gasteiger partial charge in [0.05, 0.1) is 0 Å². The predicted molar refractivity (Wildman–Crippen MR) is 58.2 cm³/mol. The highest BCUT2D eigenvalue weighted by Crippen LogP contribution is 2.19. The zero-order valence-corrected chi connectivity index (χ0v) is 8.80. The molecule has 0 bridgehead atoms. The van der Waals surface area contributed by atoms with Crippen molar-refractivity contribution in [2.24, 2.45) is 0 Å². The summed E-state index contributed by atoms with van der Waals surface area (Å²) in [4.78, 5) is 2.38. The first-order chi connectivity index (χ1) is 6.33. The van der Waals surface area contributed by atoms with Crippen LogP contribution in [0.15, 0.2) is 18.2 Å². The van der Waals surface area contributed by atoms with Gasteiger partial charge in [0.2, 0.25) is 0 Å². The van der Waals surface area contributed by atoms with Crippen LogP contribution < -0.4 is 4.90 Å². The van der Waals surface area contributed by atoms with Crippen LogP contribution in [-0.2, 0) is 6.42 Å². The lowest BCUT2D eigenvalue weighted by atomic mass is 10.1. The van der Waals surface area contributed by atoms with Crippen molar-refractivity contribution in [3.63, 3.8) is 0 Å². The van der Waals surface area contributed by atoms with Crippen LogP contribution in [0.25, 0.3) is 0 Å². The zero-order chi connectivity index (χ0) is 9.68. The summed E-state index contributed by atoms with van der Waals surface area (Å²) in [5, 5.41) is 0. The minimum absolute atomic E-state index is 1.08. The third-order valence-corrected chi connectivity index (χ3v) is 2.41. The maximum atomic E-state index is 3.13. The average Bonchev–Trinajstić information content (AvgIpc) is 2.20. The van der Waals surface area contributed by atoms with Crippen molar-refractivity contribution in [1.29, 1.82) is 0 Å². The number of benzene rings is 1. The first-order valence-corrected chi connectivity index (χ1v) is 5.07. The Morgan fingerprint density at radius 3 is 2.46 bits per heavy atom. The van der Waals surface area contributed by atoms with E-state index in [9.17, 15) is 0 Å². The van der Waals surface area contributed by atoms with Crippen LogP contribution in [0.3, 0.4) is 0 Å². The van der Waals surface area contributed by atoms with Crippen LogP contribution in [0.4, 0.5) is 5.69 Å². The lowest BCUT2D eigenvalue weighted by molar-refractivity contribution is 0.856. The summed E-state index contributed by atoms with van der Waals surface area (Å²) >= 11 is 0. The highest BCUT2D eigenvalue weighted by atomic mass is 15.1. The smallest absolute Gasteiger partial charge is 0.0398 e. The van der Waals surface area contributed by atoms with E-state index in [4.69, 9.17) is 0 Å². The summed E-state index contributed by atoms with van der Waals surface area (Å²) in [5.41, 5.74) is 2.76. The number of aryl methyl sites for hydroxylation is 1. The molecule has 1 nitrogen and oxygen atoms in total. The molecule has 0 aliphatic heterocycles. The molecular formula is C12H18N. The van der Waals surface area contributed by atoms with Gasteiger partial charge in [0.15, 0.2) is 0 Å². The first kappa shape index (κ1) is 10.1. The third kappa shape index (κ3) is 2.24.